The lowest BCUT2D eigenvalue weighted by Gasteiger charge is -2.10. The number of hydrogen-bond donors (Lipinski definition) is 1. The van der Waals surface area contributed by atoms with Crippen molar-refractivity contribution in [1.29, 1.82) is 5.26 Å². The van der Waals surface area contributed by atoms with E-state index in [-0.39, 0.29) is 32.1 Å². The van der Waals surface area contributed by atoms with E-state index in [9.17, 15) is 13.2 Å². The monoisotopic (exact) mass is 465 g/mol. The molecule has 1 heterocycles. The Hall–Kier alpha value is -3.13. The van der Waals surface area contributed by atoms with Crippen molar-refractivity contribution in [2.75, 3.05) is 7.11 Å². The molecule has 154 valence electrons. The predicted molar refractivity (Wildman–Crippen MR) is 108 cm³/mol. The Kier molecular flexibility index (Phi) is 5.98. The van der Waals surface area contributed by atoms with Crippen LogP contribution >= 0.6 is 23.2 Å². The first kappa shape index (κ1) is 21.6. The summed E-state index contributed by atoms with van der Waals surface area (Å²) >= 11 is 12.1. The van der Waals surface area contributed by atoms with Crippen LogP contribution in [0, 0.1) is 18.3 Å². The third-order valence-electron chi connectivity index (χ3n) is 4.07. The maximum Gasteiger partial charge on any atom is 0.287 e. The van der Waals surface area contributed by atoms with E-state index in [4.69, 9.17) is 33.2 Å². The molecule has 3 aromatic rings. The topological polar surface area (TPSA) is 127 Å². The number of carbonyl (C=O) groups excluding carboxylic acids is 1. The zero-order valence-corrected chi connectivity index (χ0v) is 17.9. The van der Waals surface area contributed by atoms with Crippen LogP contribution in [0.15, 0.2) is 41.3 Å². The van der Waals surface area contributed by atoms with Gasteiger partial charge in [-0.25, -0.2) is 17.8 Å². The fraction of sp³-hybridized carbons (Fsp3) is 0.111. The Morgan fingerprint density at radius 1 is 1.20 bits per heavy atom. The highest BCUT2D eigenvalue weighted by atomic mass is 35.5. The number of aromatic nitrogens is 3. The number of halogens is 2. The molecule has 0 saturated heterocycles. The molecule has 0 radical (unpaired) electrons. The van der Waals surface area contributed by atoms with Crippen LogP contribution in [0.2, 0.25) is 10.0 Å². The van der Waals surface area contributed by atoms with Gasteiger partial charge in [0, 0.05) is 6.07 Å². The van der Waals surface area contributed by atoms with Gasteiger partial charge in [0.2, 0.25) is 0 Å². The van der Waals surface area contributed by atoms with E-state index in [1.54, 1.807) is 0 Å². The molecule has 30 heavy (non-hydrogen) atoms. The summed E-state index contributed by atoms with van der Waals surface area (Å²) in [6.45, 7) is 1.52. The fourth-order valence-corrected chi connectivity index (χ4v) is 4.29. The van der Waals surface area contributed by atoms with Crippen LogP contribution in [0.1, 0.15) is 21.7 Å². The molecule has 0 atom stereocenters. The quantitative estimate of drug-likeness (QED) is 0.613. The van der Waals surface area contributed by atoms with Crippen molar-refractivity contribution >= 4 is 39.1 Å². The SMILES string of the molecule is COc1ccc(Cl)c(S(=O)(=O)NC(=O)c2nnn(-c3ccc(C#N)cc3Cl)c2C)c1. The molecule has 9 nitrogen and oxygen atoms in total. The summed E-state index contributed by atoms with van der Waals surface area (Å²) < 4.78 is 33.5. The molecule has 1 aromatic heterocycles. The molecule has 12 heteroatoms. The van der Waals surface area contributed by atoms with E-state index in [0.717, 1.165) is 0 Å². The molecule has 0 aliphatic carbocycles. The van der Waals surface area contributed by atoms with E-state index in [2.05, 4.69) is 10.3 Å². The first-order chi connectivity index (χ1) is 14.2. The number of methoxy groups -OCH3 is 1. The predicted octanol–water partition coefficient (Wildman–Crippen LogP) is 2.88. The second-order valence-corrected chi connectivity index (χ2v) is 8.41. The minimum Gasteiger partial charge on any atom is -0.497 e. The van der Waals surface area contributed by atoms with Gasteiger partial charge in [0.05, 0.1) is 40.2 Å². The summed E-state index contributed by atoms with van der Waals surface area (Å²) in [6.07, 6.45) is 0. The summed E-state index contributed by atoms with van der Waals surface area (Å²) in [4.78, 5) is 12.3. The highest BCUT2D eigenvalue weighted by Crippen LogP contribution is 2.27. The number of ether oxygens (including phenoxy) is 1. The summed E-state index contributed by atoms with van der Waals surface area (Å²) in [5.41, 5.74) is 0.739. The van der Waals surface area contributed by atoms with Crippen molar-refractivity contribution in [1.82, 2.24) is 19.7 Å². The maximum atomic E-state index is 12.6. The largest absolute Gasteiger partial charge is 0.497 e. The molecule has 1 N–H and O–H groups in total. The van der Waals surface area contributed by atoms with Crippen LogP contribution in [0.3, 0.4) is 0 Å². The molecule has 0 aliphatic rings. The number of benzene rings is 2. The Bertz CT molecular complexity index is 1300. The molecule has 0 spiro atoms. The van der Waals surface area contributed by atoms with E-state index < -0.39 is 15.9 Å². The van der Waals surface area contributed by atoms with Crippen LogP contribution in [0.5, 0.6) is 5.75 Å². The van der Waals surface area contributed by atoms with Gasteiger partial charge in [0.1, 0.15) is 10.6 Å². The van der Waals surface area contributed by atoms with E-state index >= 15 is 0 Å². The maximum absolute atomic E-state index is 12.6. The van der Waals surface area contributed by atoms with Crippen LogP contribution in [-0.4, -0.2) is 36.4 Å². The van der Waals surface area contributed by atoms with Gasteiger partial charge in [0.25, 0.3) is 15.9 Å². The first-order valence-corrected chi connectivity index (χ1v) is 10.4. The number of nitrogens with zero attached hydrogens (tertiary/aromatic N) is 4. The van der Waals surface area contributed by atoms with Crippen LogP contribution in [-0.2, 0) is 10.0 Å². The zero-order valence-electron chi connectivity index (χ0n) is 15.6. The summed E-state index contributed by atoms with van der Waals surface area (Å²) in [5.74, 6) is -0.743. The molecule has 0 fully saturated rings. The lowest BCUT2D eigenvalue weighted by molar-refractivity contribution is 0.0976. The molecule has 2 aromatic carbocycles. The Morgan fingerprint density at radius 2 is 1.93 bits per heavy atom. The standard InChI is InChI=1S/C18H13Cl2N5O4S/c1-10-17(22-24-25(10)15-6-3-11(9-21)7-14(15)20)18(26)23-30(27,28)16-8-12(29-2)4-5-13(16)19/h3-8H,1-2H3,(H,23,26). The highest BCUT2D eigenvalue weighted by Gasteiger charge is 2.26. The normalized spacial score (nSPS) is 11.0. The van der Waals surface area contributed by atoms with Crippen molar-refractivity contribution in [2.45, 2.75) is 11.8 Å². The van der Waals surface area contributed by atoms with Gasteiger partial charge in [-0.05, 0) is 37.3 Å². The molecule has 3 rings (SSSR count). The van der Waals surface area contributed by atoms with Crippen molar-refractivity contribution in [3.63, 3.8) is 0 Å². The van der Waals surface area contributed by atoms with Crippen molar-refractivity contribution in [3.8, 4) is 17.5 Å². The van der Waals surface area contributed by atoms with Gasteiger partial charge in [-0.2, -0.15) is 5.26 Å². The average Bonchev–Trinajstić information content (AvgIpc) is 3.09. The van der Waals surface area contributed by atoms with Crippen molar-refractivity contribution in [3.05, 3.63) is 63.4 Å². The minimum absolute atomic E-state index is 0.0826. The number of sulfonamides is 1. The number of rotatable bonds is 5. The van der Waals surface area contributed by atoms with E-state index in [0.29, 0.717) is 11.3 Å². The van der Waals surface area contributed by atoms with E-state index in [1.165, 1.54) is 55.1 Å². The first-order valence-electron chi connectivity index (χ1n) is 8.21. The molecule has 0 saturated carbocycles. The number of amides is 1. The molecular weight excluding hydrogens is 453 g/mol. The van der Waals surface area contributed by atoms with Crippen LogP contribution in [0.4, 0.5) is 0 Å². The molecular formula is C18H13Cl2N5O4S. The number of carbonyl (C=O) groups is 1. The van der Waals surface area contributed by atoms with Gasteiger partial charge in [-0.15, -0.1) is 5.10 Å². The summed E-state index contributed by atoms with van der Waals surface area (Å²) in [5, 5.41) is 16.7. The van der Waals surface area contributed by atoms with Gasteiger partial charge >= 0.3 is 0 Å². The number of hydrogen-bond acceptors (Lipinski definition) is 7. The van der Waals surface area contributed by atoms with Crippen LogP contribution in [0.25, 0.3) is 5.69 Å². The van der Waals surface area contributed by atoms with Gasteiger partial charge < -0.3 is 4.74 Å². The Balaban J connectivity index is 1.93. The van der Waals surface area contributed by atoms with Gasteiger partial charge in [-0.3, -0.25) is 4.79 Å². The third-order valence-corrected chi connectivity index (χ3v) is 6.18. The molecule has 0 bridgehead atoms. The second kappa shape index (κ2) is 8.31. The Morgan fingerprint density at radius 3 is 2.57 bits per heavy atom. The highest BCUT2D eigenvalue weighted by molar-refractivity contribution is 7.90. The second-order valence-electron chi connectivity index (χ2n) is 5.94. The average molecular weight is 466 g/mol. The summed E-state index contributed by atoms with van der Waals surface area (Å²) in [7, 11) is -2.94. The minimum atomic E-state index is -4.31. The molecule has 1 amide bonds. The number of nitriles is 1. The third kappa shape index (κ3) is 4.09. The Labute approximate surface area is 181 Å². The van der Waals surface area contributed by atoms with E-state index in [1.807, 2.05) is 10.8 Å². The van der Waals surface area contributed by atoms with Gasteiger partial charge in [0.15, 0.2) is 5.69 Å². The number of nitrogens with one attached hydrogen (secondary N) is 1. The lowest BCUT2D eigenvalue weighted by Crippen LogP contribution is -2.31. The van der Waals surface area contributed by atoms with Crippen molar-refractivity contribution in [2.24, 2.45) is 0 Å². The lowest BCUT2D eigenvalue weighted by atomic mass is 10.2. The zero-order chi connectivity index (χ0) is 22.1. The van der Waals surface area contributed by atoms with Crippen molar-refractivity contribution < 1.29 is 17.9 Å². The fourth-order valence-electron chi connectivity index (χ4n) is 2.56. The molecule has 0 unspecified atom stereocenters. The van der Waals surface area contributed by atoms with Crippen LogP contribution < -0.4 is 9.46 Å². The molecule has 0 aliphatic heterocycles. The summed E-state index contributed by atoms with van der Waals surface area (Å²) in [6, 6.07) is 10.5. The smallest absolute Gasteiger partial charge is 0.287 e. The van der Waals surface area contributed by atoms with Gasteiger partial charge in [-0.1, -0.05) is 28.4 Å².